The van der Waals surface area contributed by atoms with E-state index in [0.29, 0.717) is 38.8 Å². The highest BCUT2D eigenvalue weighted by Gasteiger charge is 2.35. The normalized spacial score (nSPS) is 12.8. The summed E-state index contributed by atoms with van der Waals surface area (Å²) < 4.78 is 50.2. The van der Waals surface area contributed by atoms with Crippen LogP contribution in [0.25, 0.3) is 22.3 Å². The maximum absolute atomic E-state index is 13.2. The molecule has 0 atom stereocenters. The zero-order chi connectivity index (χ0) is 20.8. The number of alkyl halides is 3. The second-order valence-electron chi connectivity index (χ2n) is 6.29. The Bertz CT molecular complexity index is 1130. The van der Waals surface area contributed by atoms with Gasteiger partial charge in [-0.1, -0.05) is 35.9 Å². The molecule has 0 saturated heterocycles. The van der Waals surface area contributed by atoms with Crippen LogP contribution in [-0.2, 0) is 6.18 Å². The number of carboxylic acid groups (broad SMARTS) is 1. The summed E-state index contributed by atoms with van der Waals surface area (Å²) >= 11 is 6.40. The number of rotatable bonds is 3. The Hall–Kier alpha value is -3.19. The van der Waals surface area contributed by atoms with Crippen molar-refractivity contribution >= 4 is 17.6 Å². The molecule has 1 aliphatic heterocycles. The van der Waals surface area contributed by atoms with Crippen LogP contribution in [0.1, 0.15) is 15.9 Å². The molecule has 4 rings (SSSR count). The zero-order valence-electron chi connectivity index (χ0n) is 14.6. The molecule has 0 unspecified atom stereocenters. The molecule has 1 heterocycles. The third-order valence-corrected chi connectivity index (χ3v) is 4.86. The van der Waals surface area contributed by atoms with Crippen molar-refractivity contribution in [1.82, 2.24) is 0 Å². The van der Waals surface area contributed by atoms with Gasteiger partial charge in [0.25, 0.3) is 0 Å². The summed E-state index contributed by atoms with van der Waals surface area (Å²) in [7, 11) is 0. The molecule has 0 aromatic heterocycles. The minimum Gasteiger partial charge on any atom is -0.478 e. The number of benzene rings is 3. The Morgan fingerprint density at radius 2 is 1.69 bits per heavy atom. The fourth-order valence-corrected chi connectivity index (χ4v) is 3.53. The van der Waals surface area contributed by atoms with Crippen molar-refractivity contribution in [3.63, 3.8) is 0 Å². The summed E-state index contributed by atoms with van der Waals surface area (Å²) in [6.45, 7) is 0.0923. The van der Waals surface area contributed by atoms with Gasteiger partial charge >= 0.3 is 12.1 Å². The van der Waals surface area contributed by atoms with Crippen molar-refractivity contribution in [2.45, 2.75) is 6.18 Å². The average molecular weight is 421 g/mol. The molecule has 3 aromatic rings. The molecule has 0 aliphatic carbocycles. The number of hydrogen-bond donors (Lipinski definition) is 1. The molecule has 1 aliphatic rings. The van der Waals surface area contributed by atoms with Crippen LogP contribution in [0.4, 0.5) is 13.2 Å². The second kappa shape index (κ2) is 7.00. The molecule has 0 fully saturated rings. The zero-order valence-corrected chi connectivity index (χ0v) is 15.3. The van der Waals surface area contributed by atoms with Gasteiger partial charge in [0.05, 0.1) is 11.1 Å². The summed E-state index contributed by atoms with van der Waals surface area (Å²) in [5.41, 5.74) is -0.0413. The second-order valence-corrected chi connectivity index (χ2v) is 6.70. The van der Waals surface area contributed by atoms with E-state index < -0.39 is 23.3 Å². The first-order valence-corrected chi connectivity index (χ1v) is 8.77. The van der Waals surface area contributed by atoms with Gasteiger partial charge in [0, 0.05) is 10.6 Å². The van der Waals surface area contributed by atoms with Crippen LogP contribution < -0.4 is 9.47 Å². The number of ether oxygens (including phenoxy) is 2. The van der Waals surface area contributed by atoms with Crippen LogP contribution >= 0.6 is 11.6 Å². The van der Waals surface area contributed by atoms with Gasteiger partial charge in [-0.05, 0) is 47.0 Å². The Balaban J connectivity index is 1.90. The predicted molar refractivity (Wildman–Crippen MR) is 100 cm³/mol. The largest absolute Gasteiger partial charge is 0.478 e. The number of fused-ring (bicyclic) bond motifs is 1. The lowest BCUT2D eigenvalue weighted by Gasteiger charge is -2.15. The fraction of sp³-hybridized carbons (Fsp3) is 0.0952. The average Bonchev–Trinajstić information content (AvgIpc) is 3.14. The molecule has 0 amide bonds. The van der Waals surface area contributed by atoms with E-state index in [2.05, 4.69) is 0 Å². The topological polar surface area (TPSA) is 55.8 Å². The molecule has 0 bridgehead atoms. The van der Waals surface area contributed by atoms with Crippen molar-refractivity contribution in [3.05, 3.63) is 70.7 Å². The van der Waals surface area contributed by atoms with E-state index in [0.717, 1.165) is 12.1 Å². The number of carbonyl (C=O) groups is 1. The molecule has 1 N–H and O–H groups in total. The third-order valence-electron chi connectivity index (χ3n) is 4.54. The summed E-state index contributed by atoms with van der Waals surface area (Å²) in [5.74, 6) is -0.567. The van der Waals surface area contributed by atoms with Crippen LogP contribution in [-0.4, -0.2) is 17.9 Å². The number of halogens is 4. The van der Waals surface area contributed by atoms with Crippen molar-refractivity contribution in [3.8, 4) is 33.8 Å². The monoisotopic (exact) mass is 420 g/mol. The molecule has 0 spiro atoms. The fourth-order valence-electron chi connectivity index (χ4n) is 3.25. The summed E-state index contributed by atoms with van der Waals surface area (Å²) in [6, 6.07) is 13.1. The summed E-state index contributed by atoms with van der Waals surface area (Å²) in [5, 5.41) is 9.65. The Labute approximate surface area is 168 Å². The van der Waals surface area contributed by atoms with E-state index >= 15 is 0 Å². The van der Waals surface area contributed by atoms with Gasteiger partial charge in [-0.3, -0.25) is 0 Å². The van der Waals surface area contributed by atoms with Crippen molar-refractivity contribution in [2.75, 3.05) is 6.79 Å². The van der Waals surface area contributed by atoms with Crippen LogP contribution in [0.5, 0.6) is 11.5 Å². The van der Waals surface area contributed by atoms with E-state index in [1.54, 1.807) is 36.4 Å². The quantitative estimate of drug-likeness (QED) is 0.554. The maximum atomic E-state index is 13.2. The highest BCUT2D eigenvalue weighted by Crippen LogP contribution is 2.43. The van der Waals surface area contributed by atoms with Crippen molar-refractivity contribution in [2.24, 2.45) is 0 Å². The van der Waals surface area contributed by atoms with Crippen LogP contribution in [0, 0.1) is 0 Å². The maximum Gasteiger partial charge on any atom is 0.417 e. The molecule has 0 saturated carbocycles. The minimum absolute atomic E-state index is 0.0923. The number of hydrogen-bond acceptors (Lipinski definition) is 3. The lowest BCUT2D eigenvalue weighted by atomic mass is 9.92. The molecule has 148 valence electrons. The van der Waals surface area contributed by atoms with Gasteiger partial charge < -0.3 is 14.6 Å². The van der Waals surface area contributed by atoms with Gasteiger partial charge in [0.1, 0.15) is 0 Å². The molecule has 0 radical (unpaired) electrons. The summed E-state index contributed by atoms with van der Waals surface area (Å²) in [4.78, 5) is 11.4. The van der Waals surface area contributed by atoms with Crippen molar-refractivity contribution < 1.29 is 32.5 Å². The first-order valence-electron chi connectivity index (χ1n) is 8.39. The van der Waals surface area contributed by atoms with Gasteiger partial charge in [-0.25, -0.2) is 4.79 Å². The van der Waals surface area contributed by atoms with Crippen LogP contribution in [0.15, 0.2) is 54.6 Å². The van der Waals surface area contributed by atoms with E-state index in [1.165, 1.54) is 6.07 Å². The first-order chi connectivity index (χ1) is 13.8. The SMILES string of the molecule is O=C(O)c1cc(-c2cccc(Cl)c2-c2ccc3c(c2)OCO3)ccc1C(F)(F)F. The van der Waals surface area contributed by atoms with Crippen LogP contribution in [0.2, 0.25) is 5.02 Å². The van der Waals surface area contributed by atoms with E-state index in [-0.39, 0.29) is 6.79 Å². The standard InChI is InChI=1S/C21H12ClF3O4/c22-16-3-1-2-13(19(16)12-5-7-17-18(9-12)29-10-28-17)11-4-6-15(21(23,24)25)14(8-11)20(26)27/h1-9H,10H2,(H,26,27). The number of carboxylic acids is 1. The van der Waals surface area contributed by atoms with Gasteiger partial charge in [-0.15, -0.1) is 0 Å². The van der Waals surface area contributed by atoms with E-state index in [1.807, 2.05) is 0 Å². The van der Waals surface area contributed by atoms with Crippen LogP contribution in [0.3, 0.4) is 0 Å². The first kappa shape index (κ1) is 19.1. The van der Waals surface area contributed by atoms with Crippen molar-refractivity contribution in [1.29, 1.82) is 0 Å². The van der Waals surface area contributed by atoms with Gasteiger partial charge in [0.2, 0.25) is 6.79 Å². The van der Waals surface area contributed by atoms with E-state index in [4.69, 9.17) is 21.1 Å². The lowest BCUT2D eigenvalue weighted by Crippen LogP contribution is -2.12. The lowest BCUT2D eigenvalue weighted by molar-refractivity contribution is -0.138. The number of aromatic carboxylic acids is 1. The third kappa shape index (κ3) is 3.49. The Kier molecular flexibility index (Phi) is 4.62. The highest BCUT2D eigenvalue weighted by atomic mass is 35.5. The molecule has 8 heteroatoms. The molecule has 4 nitrogen and oxygen atoms in total. The molecule has 3 aromatic carbocycles. The minimum atomic E-state index is -4.78. The van der Waals surface area contributed by atoms with E-state index in [9.17, 15) is 23.1 Å². The Morgan fingerprint density at radius 1 is 0.966 bits per heavy atom. The molecular formula is C21H12ClF3O4. The highest BCUT2D eigenvalue weighted by molar-refractivity contribution is 6.34. The summed E-state index contributed by atoms with van der Waals surface area (Å²) in [6.07, 6.45) is -4.78. The van der Waals surface area contributed by atoms with Gasteiger partial charge in [-0.2, -0.15) is 13.2 Å². The predicted octanol–water partition coefficient (Wildman–Crippen LogP) is 6.12. The molecule has 29 heavy (non-hydrogen) atoms. The smallest absolute Gasteiger partial charge is 0.417 e. The van der Waals surface area contributed by atoms with Gasteiger partial charge in [0.15, 0.2) is 11.5 Å². The molecular weight excluding hydrogens is 409 g/mol. The Morgan fingerprint density at radius 3 is 2.41 bits per heavy atom.